The van der Waals surface area contributed by atoms with E-state index in [1.807, 2.05) is 23.1 Å². The van der Waals surface area contributed by atoms with E-state index in [0.717, 1.165) is 11.7 Å². The SMILES string of the molecule is CC(C)C1CCSC(=NCC(C)(C)c2cccs2)N1. The van der Waals surface area contributed by atoms with E-state index in [9.17, 15) is 0 Å². The van der Waals surface area contributed by atoms with Gasteiger partial charge in [-0.15, -0.1) is 11.3 Å². The molecule has 0 spiro atoms. The summed E-state index contributed by atoms with van der Waals surface area (Å²) in [4.78, 5) is 6.23. The molecule has 1 aliphatic heterocycles. The van der Waals surface area contributed by atoms with E-state index >= 15 is 0 Å². The molecule has 2 rings (SSSR count). The number of aliphatic imine (C=N–C) groups is 1. The summed E-state index contributed by atoms with van der Waals surface area (Å²) in [5.74, 6) is 1.87. The Hall–Kier alpha value is -0.480. The Balaban J connectivity index is 1.98. The fourth-order valence-electron chi connectivity index (χ4n) is 2.16. The molecule has 0 radical (unpaired) electrons. The van der Waals surface area contributed by atoms with Gasteiger partial charge in [0.25, 0.3) is 0 Å². The van der Waals surface area contributed by atoms with Crippen molar-refractivity contribution in [3.63, 3.8) is 0 Å². The van der Waals surface area contributed by atoms with Crippen molar-refractivity contribution in [3.8, 4) is 0 Å². The summed E-state index contributed by atoms with van der Waals surface area (Å²) in [5, 5.41) is 6.87. The Kier molecular flexibility index (Phi) is 4.96. The summed E-state index contributed by atoms with van der Waals surface area (Å²) < 4.78 is 0. The summed E-state index contributed by atoms with van der Waals surface area (Å²) in [6.07, 6.45) is 1.25. The van der Waals surface area contributed by atoms with Crippen LogP contribution in [0.2, 0.25) is 0 Å². The molecule has 1 atom stereocenters. The molecule has 1 fully saturated rings. The Morgan fingerprint density at radius 3 is 2.89 bits per heavy atom. The molecule has 1 N–H and O–H groups in total. The van der Waals surface area contributed by atoms with E-state index in [-0.39, 0.29) is 5.41 Å². The number of thiophene rings is 1. The van der Waals surface area contributed by atoms with Crippen molar-refractivity contribution >= 4 is 28.3 Å². The number of nitrogens with one attached hydrogen (secondary N) is 1. The topological polar surface area (TPSA) is 24.4 Å². The lowest BCUT2D eigenvalue weighted by Crippen LogP contribution is -2.41. The Morgan fingerprint density at radius 1 is 1.47 bits per heavy atom. The van der Waals surface area contributed by atoms with E-state index in [1.54, 1.807) is 0 Å². The van der Waals surface area contributed by atoms with Gasteiger partial charge < -0.3 is 5.32 Å². The van der Waals surface area contributed by atoms with Crippen LogP contribution in [0.25, 0.3) is 0 Å². The zero-order valence-electron chi connectivity index (χ0n) is 12.3. The smallest absolute Gasteiger partial charge is 0.156 e. The number of rotatable bonds is 4. The van der Waals surface area contributed by atoms with Crippen molar-refractivity contribution in [2.75, 3.05) is 12.3 Å². The van der Waals surface area contributed by atoms with E-state index in [2.05, 4.69) is 50.5 Å². The van der Waals surface area contributed by atoms with Crippen molar-refractivity contribution in [3.05, 3.63) is 22.4 Å². The highest BCUT2D eigenvalue weighted by Crippen LogP contribution is 2.28. The van der Waals surface area contributed by atoms with Crippen LogP contribution in [0.15, 0.2) is 22.5 Å². The first-order valence-electron chi connectivity index (χ1n) is 6.97. The molecular weight excluding hydrogens is 272 g/mol. The van der Waals surface area contributed by atoms with Crippen LogP contribution in [0, 0.1) is 5.92 Å². The van der Waals surface area contributed by atoms with Gasteiger partial charge in [0.2, 0.25) is 0 Å². The van der Waals surface area contributed by atoms with Crippen LogP contribution >= 0.6 is 23.1 Å². The lowest BCUT2D eigenvalue weighted by Gasteiger charge is -2.29. The van der Waals surface area contributed by atoms with Crippen molar-refractivity contribution in [2.45, 2.75) is 45.6 Å². The molecule has 0 bridgehead atoms. The third-order valence-electron chi connectivity index (χ3n) is 3.59. The van der Waals surface area contributed by atoms with Gasteiger partial charge in [-0.2, -0.15) is 0 Å². The number of amidine groups is 1. The average molecular weight is 297 g/mol. The van der Waals surface area contributed by atoms with Crippen LogP contribution in [-0.2, 0) is 5.41 Å². The highest BCUT2D eigenvalue weighted by atomic mass is 32.2. The van der Waals surface area contributed by atoms with Crippen molar-refractivity contribution < 1.29 is 0 Å². The fourth-order valence-corrected chi connectivity index (χ4v) is 3.96. The van der Waals surface area contributed by atoms with Gasteiger partial charge in [0.05, 0.1) is 6.54 Å². The molecule has 106 valence electrons. The van der Waals surface area contributed by atoms with Gasteiger partial charge in [0.1, 0.15) is 0 Å². The van der Waals surface area contributed by atoms with E-state index in [4.69, 9.17) is 4.99 Å². The Morgan fingerprint density at radius 2 is 2.26 bits per heavy atom. The standard InChI is InChI=1S/C15H24N2S2/c1-11(2)12-7-9-19-14(17-12)16-10-15(3,4)13-6-5-8-18-13/h5-6,8,11-12H,7,9-10H2,1-4H3,(H,16,17). The predicted octanol–water partition coefficient (Wildman–Crippen LogP) is 4.13. The van der Waals surface area contributed by atoms with Crippen LogP contribution in [0.5, 0.6) is 0 Å². The van der Waals surface area contributed by atoms with Crippen molar-refractivity contribution in [2.24, 2.45) is 10.9 Å². The summed E-state index contributed by atoms with van der Waals surface area (Å²) in [5.41, 5.74) is 0.133. The first-order valence-corrected chi connectivity index (χ1v) is 8.83. The molecular formula is C15H24N2S2. The lowest BCUT2D eigenvalue weighted by atomic mass is 9.92. The van der Waals surface area contributed by atoms with Gasteiger partial charge in [-0.1, -0.05) is 45.5 Å². The molecule has 2 nitrogen and oxygen atoms in total. The van der Waals surface area contributed by atoms with Crippen LogP contribution in [0.4, 0.5) is 0 Å². The summed E-state index contributed by atoms with van der Waals surface area (Å²) in [6.45, 7) is 9.96. The fraction of sp³-hybridized carbons (Fsp3) is 0.667. The Labute approximate surface area is 125 Å². The van der Waals surface area contributed by atoms with E-state index in [0.29, 0.717) is 12.0 Å². The molecule has 1 aromatic heterocycles. The molecule has 19 heavy (non-hydrogen) atoms. The molecule has 1 saturated heterocycles. The van der Waals surface area contributed by atoms with Crippen LogP contribution in [0.3, 0.4) is 0 Å². The molecule has 0 aliphatic carbocycles. The summed E-state index contributed by atoms with van der Waals surface area (Å²) in [6, 6.07) is 4.92. The zero-order valence-corrected chi connectivity index (χ0v) is 13.9. The first-order chi connectivity index (χ1) is 8.99. The minimum atomic E-state index is 0.133. The minimum absolute atomic E-state index is 0.133. The van der Waals surface area contributed by atoms with Gasteiger partial charge in [-0.3, -0.25) is 4.99 Å². The summed E-state index contributed by atoms with van der Waals surface area (Å²) in [7, 11) is 0. The van der Waals surface area contributed by atoms with Gasteiger partial charge in [-0.25, -0.2) is 0 Å². The molecule has 0 amide bonds. The average Bonchev–Trinajstić information content (AvgIpc) is 2.91. The van der Waals surface area contributed by atoms with E-state index < -0.39 is 0 Å². The third-order valence-corrected chi connectivity index (χ3v) is 5.78. The normalized spacial score (nSPS) is 22.8. The number of hydrogen-bond acceptors (Lipinski definition) is 3. The lowest BCUT2D eigenvalue weighted by molar-refractivity contribution is 0.441. The highest BCUT2D eigenvalue weighted by molar-refractivity contribution is 8.13. The second-order valence-electron chi connectivity index (χ2n) is 6.11. The quantitative estimate of drug-likeness (QED) is 0.903. The second-order valence-corrected chi connectivity index (χ2v) is 8.15. The third kappa shape index (κ3) is 3.99. The highest BCUT2D eigenvalue weighted by Gasteiger charge is 2.24. The molecule has 0 saturated carbocycles. The Bertz CT molecular complexity index is 421. The minimum Gasteiger partial charge on any atom is -0.362 e. The van der Waals surface area contributed by atoms with E-state index in [1.165, 1.54) is 17.1 Å². The van der Waals surface area contributed by atoms with Crippen LogP contribution in [0.1, 0.15) is 39.0 Å². The van der Waals surface area contributed by atoms with Crippen molar-refractivity contribution in [1.82, 2.24) is 5.32 Å². The van der Waals surface area contributed by atoms with Crippen molar-refractivity contribution in [1.29, 1.82) is 0 Å². The number of thioether (sulfide) groups is 1. The van der Waals surface area contributed by atoms with Gasteiger partial charge in [0.15, 0.2) is 5.17 Å². The largest absolute Gasteiger partial charge is 0.362 e. The summed E-state index contributed by atoms with van der Waals surface area (Å²) >= 11 is 3.69. The first kappa shape index (κ1) is 14.9. The molecule has 1 unspecified atom stereocenters. The maximum Gasteiger partial charge on any atom is 0.156 e. The molecule has 1 aromatic rings. The molecule has 4 heteroatoms. The molecule has 1 aliphatic rings. The monoisotopic (exact) mass is 296 g/mol. The van der Waals surface area contributed by atoms with Gasteiger partial charge >= 0.3 is 0 Å². The van der Waals surface area contributed by atoms with Gasteiger partial charge in [-0.05, 0) is 23.8 Å². The maximum atomic E-state index is 4.82. The van der Waals surface area contributed by atoms with Gasteiger partial charge in [0, 0.05) is 22.1 Å². The van der Waals surface area contributed by atoms with Crippen LogP contribution in [-0.4, -0.2) is 23.5 Å². The molecule has 0 aromatic carbocycles. The maximum absolute atomic E-state index is 4.82. The molecule has 2 heterocycles. The number of nitrogens with zero attached hydrogens (tertiary/aromatic N) is 1. The number of hydrogen-bond donors (Lipinski definition) is 1. The zero-order chi connectivity index (χ0) is 13.9. The predicted molar refractivity (Wildman–Crippen MR) is 88.5 cm³/mol. The van der Waals surface area contributed by atoms with Crippen LogP contribution < -0.4 is 5.32 Å². The second kappa shape index (κ2) is 6.31.